The summed E-state index contributed by atoms with van der Waals surface area (Å²) < 4.78 is 13.4. The third-order valence-electron chi connectivity index (χ3n) is 4.64. The molecule has 0 saturated heterocycles. The van der Waals surface area contributed by atoms with Gasteiger partial charge in [0.1, 0.15) is 0 Å². The van der Waals surface area contributed by atoms with E-state index in [1.807, 2.05) is 41.0 Å². The largest absolute Gasteiger partial charge is 0.493 e. The maximum Gasteiger partial charge on any atom is 0.234 e. The zero-order valence-corrected chi connectivity index (χ0v) is 20.3. The number of hydrogen-bond acceptors (Lipinski definition) is 7. The summed E-state index contributed by atoms with van der Waals surface area (Å²) in [4.78, 5) is 16.8. The molecule has 2 heterocycles. The monoisotopic (exact) mass is 525 g/mol. The van der Waals surface area contributed by atoms with Gasteiger partial charge in [-0.1, -0.05) is 27.7 Å². The molecule has 4 aromatic rings. The van der Waals surface area contributed by atoms with Crippen molar-refractivity contribution in [2.45, 2.75) is 5.16 Å². The van der Waals surface area contributed by atoms with Gasteiger partial charge in [-0.05, 0) is 48.5 Å². The fraction of sp³-hybridized carbons (Fsp3) is 0.130. The van der Waals surface area contributed by atoms with Gasteiger partial charge in [-0.25, -0.2) is 0 Å². The molecule has 0 aliphatic heterocycles. The predicted molar refractivity (Wildman–Crippen MR) is 131 cm³/mol. The minimum absolute atomic E-state index is 0.149. The van der Waals surface area contributed by atoms with Crippen molar-refractivity contribution in [3.63, 3.8) is 0 Å². The van der Waals surface area contributed by atoms with Gasteiger partial charge in [-0.3, -0.25) is 14.3 Å². The summed E-state index contributed by atoms with van der Waals surface area (Å²) >= 11 is 4.76. The number of pyridine rings is 1. The van der Waals surface area contributed by atoms with Crippen LogP contribution < -0.4 is 14.8 Å². The van der Waals surface area contributed by atoms with Crippen LogP contribution in [0.3, 0.4) is 0 Å². The molecule has 0 bridgehead atoms. The average Bonchev–Trinajstić information content (AvgIpc) is 3.27. The van der Waals surface area contributed by atoms with E-state index in [4.69, 9.17) is 9.47 Å². The number of aromatic nitrogens is 4. The highest BCUT2D eigenvalue weighted by Gasteiger charge is 2.18. The lowest BCUT2D eigenvalue weighted by Crippen LogP contribution is -2.14. The zero-order valence-electron chi connectivity index (χ0n) is 17.9. The molecular formula is C23H20BrN5O3S. The van der Waals surface area contributed by atoms with Crippen molar-refractivity contribution in [1.82, 2.24) is 19.7 Å². The lowest BCUT2D eigenvalue weighted by molar-refractivity contribution is -0.113. The molecule has 0 atom stereocenters. The number of thioether (sulfide) groups is 1. The molecule has 0 aliphatic rings. The fourth-order valence-corrected chi connectivity index (χ4v) is 4.13. The average molecular weight is 526 g/mol. The molecule has 168 valence electrons. The Balaban J connectivity index is 1.55. The number of anilines is 1. The van der Waals surface area contributed by atoms with E-state index in [1.165, 1.54) is 11.8 Å². The predicted octanol–water partition coefficient (Wildman–Crippen LogP) is 4.84. The summed E-state index contributed by atoms with van der Waals surface area (Å²) in [6.45, 7) is 0. The van der Waals surface area contributed by atoms with Gasteiger partial charge in [0.05, 0.1) is 20.0 Å². The van der Waals surface area contributed by atoms with Crippen LogP contribution in [-0.4, -0.2) is 45.6 Å². The first-order valence-electron chi connectivity index (χ1n) is 9.85. The molecule has 0 saturated carbocycles. The van der Waals surface area contributed by atoms with Gasteiger partial charge in [0.25, 0.3) is 0 Å². The third kappa shape index (κ3) is 5.35. The summed E-state index contributed by atoms with van der Waals surface area (Å²) in [6, 6.07) is 16.8. The van der Waals surface area contributed by atoms with E-state index in [0.29, 0.717) is 28.2 Å². The highest BCUT2D eigenvalue weighted by atomic mass is 79.9. The lowest BCUT2D eigenvalue weighted by Gasteiger charge is -2.11. The molecule has 0 radical (unpaired) electrons. The van der Waals surface area contributed by atoms with Crippen molar-refractivity contribution in [2.75, 3.05) is 25.3 Å². The molecule has 33 heavy (non-hydrogen) atoms. The van der Waals surface area contributed by atoms with Gasteiger partial charge < -0.3 is 14.8 Å². The van der Waals surface area contributed by atoms with Crippen LogP contribution in [0, 0.1) is 0 Å². The minimum Gasteiger partial charge on any atom is -0.493 e. The maximum atomic E-state index is 12.6. The number of methoxy groups -OCH3 is 2. The van der Waals surface area contributed by atoms with Crippen molar-refractivity contribution in [3.05, 3.63) is 71.5 Å². The van der Waals surface area contributed by atoms with E-state index in [2.05, 4.69) is 36.4 Å². The van der Waals surface area contributed by atoms with Crippen LogP contribution in [0.15, 0.2) is 76.6 Å². The number of benzene rings is 2. The molecule has 0 unspecified atom stereocenters. The summed E-state index contributed by atoms with van der Waals surface area (Å²) in [7, 11) is 3.11. The van der Waals surface area contributed by atoms with Gasteiger partial charge in [0.15, 0.2) is 22.5 Å². The highest BCUT2D eigenvalue weighted by Crippen LogP contribution is 2.31. The molecule has 1 amide bonds. The van der Waals surface area contributed by atoms with Crippen molar-refractivity contribution in [3.8, 4) is 28.6 Å². The van der Waals surface area contributed by atoms with E-state index in [1.54, 1.807) is 44.8 Å². The molecule has 2 aromatic heterocycles. The molecule has 0 aliphatic carbocycles. The number of amides is 1. The summed E-state index contributed by atoms with van der Waals surface area (Å²) in [5.74, 6) is 1.75. The second-order valence-corrected chi connectivity index (χ2v) is 8.62. The summed E-state index contributed by atoms with van der Waals surface area (Å²) in [5, 5.41) is 12.2. The number of carbonyl (C=O) groups is 1. The molecule has 2 aromatic carbocycles. The van der Waals surface area contributed by atoms with Crippen molar-refractivity contribution < 1.29 is 14.3 Å². The molecule has 4 rings (SSSR count). The lowest BCUT2D eigenvalue weighted by atomic mass is 10.2. The first-order chi connectivity index (χ1) is 16.1. The normalized spacial score (nSPS) is 10.6. The Labute approximate surface area is 203 Å². The number of ether oxygens (including phenoxy) is 2. The number of hydrogen-bond donors (Lipinski definition) is 1. The Morgan fingerprint density at radius 1 is 1.06 bits per heavy atom. The summed E-state index contributed by atoms with van der Waals surface area (Å²) in [6.07, 6.45) is 3.44. The smallest absolute Gasteiger partial charge is 0.234 e. The van der Waals surface area contributed by atoms with Gasteiger partial charge in [0, 0.05) is 39.9 Å². The van der Waals surface area contributed by atoms with Crippen LogP contribution in [0.5, 0.6) is 11.5 Å². The van der Waals surface area contributed by atoms with Crippen LogP contribution in [0.2, 0.25) is 0 Å². The number of carbonyl (C=O) groups excluding carboxylic acids is 1. The minimum atomic E-state index is -0.180. The first kappa shape index (κ1) is 22.8. The van der Waals surface area contributed by atoms with E-state index in [9.17, 15) is 4.79 Å². The number of nitrogens with zero attached hydrogens (tertiary/aromatic N) is 4. The first-order valence-corrected chi connectivity index (χ1v) is 11.6. The van der Waals surface area contributed by atoms with Gasteiger partial charge in [-0.15, -0.1) is 10.2 Å². The Morgan fingerprint density at radius 2 is 1.85 bits per heavy atom. The van der Waals surface area contributed by atoms with Crippen LogP contribution in [0.25, 0.3) is 17.1 Å². The SMILES string of the molecule is COc1ccc(NC(=O)CSc2nnc(-c3cccnc3)n2-c2ccc(Br)cc2)cc1OC. The zero-order chi connectivity index (χ0) is 23.2. The van der Waals surface area contributed by atoms with Crippen LogP contribution >= 0.6 is 27.7 Å². The Kier molecular flexibility index (Phi) is 7.26. The van der Waals surface area contributed by atoms with Gasteiger partial charge in [0.2, 0.25) is 5.91 Å². The highest BCUT2D eigenvalue weighted by molar-refractivity contribution is 9.10. The van der Waals surface area contributed by atoms with E-state index >= 15 is 0 Å². The van der Waals surface area contributed by atoms with Crippen molar-refractivity contribution in [1.29, 1.82) is 0 Å². The fourth-order valence-electron chi connectivity index (χ4n) is 3.11. The number of rotatable bonds is 8. The molecule has 8 nitrogen and oxygen atoms in total. The Hall–Kier alpha value is -3.37. The van der Waals surface area contributed by atoms with Crippen LogP contribution in [0.1, 0.15) is 0 Å². The third-order valence-corrected chi connectivity index (χ3v) is 6.10. The molecule has 1 N–H and O–H groups in total. The van der Waals surface area contributed by atoms with Crippen molar-refractivity contribution >= 4 is 39.3 Å². The van der Waals surface area contributed by atoms with Crippen LogP contribution in [0.4, 0.5) is 5.69 Å². The second-order valence-electron chi connectivity index (χ2n) is 6.77. The van der Waals surface area contributed by atoms with Crippen molar-refractivity contribution in [2.24, 2.45) is 0 Å². The van der Waals surface area contributed by atoms with Gasteiger partial charge in [-0.2, -0.15) is 0 Å². The maximum absolute atomic E-state index is 12.6. The number of nitrogens with one attached hydrogen (secondary N) is 1. The van der Waals surface area contributed by atoms with Crippen LogP contribution in [-0.2, 0) is 4.79 Å². The van der Waals surface area contributed by atoms with E-state index in [-0.39, 0.29) is 11.7 Å². The summed E-state index contributed by atoms with van der Waals surface area (Å²) in [5.41, 5.74) is 2.32. The van der Waals surface area contributed by atoms with E-state index in [0.717, 1.165) is 15.7 Å². The second kappa shape index (κ2) is 10.5. The topological polar surface area (TPSA) is 91.2 Å². The Bertz CT molecular complexity index is 1250. The molecule has 0 fully saturated rings. The van der Waals surface area contributed by atoms with E-state index < -0.39 is 0 Å². The Morgan fingerprint density at radius 3 is 2.55 bits per heavy atom. The van der Waals surface area contributed by atoms with Gasteiger partial charge >= 0.3 is 0 Å². The quantitative estimate of drug-likeness (QED) is 0.329. The molecule has 0 spiro atoms. The standard InChI is InChI=1S/C23H20BrN5O3S/c1-31-19-10-7-17(12-20(19)32-2)26-21(30)14-33-23-28-27-22(15-4-3-11-25-13-15)29(23)18-8-5-16(24)6-9-18/h3-13H,14H2,1-2H3,(H,26,30). The molecule has 10 heteroatoms. The number of halogens is 1. The molecular weight excluding hydrogens is 506 g/mol.